The number of fused-ring (bicyclic) bond motifs is 3. The number of aliphatic hydroxyl groups is 3. The maximum Gasteiger partial charge on any atom is 0.508 e. The molecule has 3 fully saturated rings. The molecular formula is C88H132ClF3N15O17+. The van der Waals surface area contributed by atoms with Gasteiger partial charge < -0.3 is 79.9 Å². The molecule has 688 valence electrons. The van der Waals surface area contributed by atoms with Crippen molar-refractivity contribution in [2.45, 2.75) is 351 Å². The van der Waals surface area contributed by atoms with E-state index in [0.717, 1.165) is 77.0 Å². The number of hydrogen-bond donors (Lipinski definition) is 6. The van der Waals surface area contributed by atoms with Gasteiger partial charge in [0.05, 0.1) is 65.4 Å². The topological polar surface area (TPSA) is 430 Å². The van der Waals surface area contributed by atoms with Crippen LogP contribution in [0.2, 0.25) is 0 Å². The fraction of sp³-hybridized carbons (Fsp3) is 0.705. The predicted octanol–water partition coefficient (Wildman–Crippen LogP) is 17.9. The van der Waals surface area contributed by atoms with Crippen LogP contribution in [0.25, 0.3) is 33.5 Å². The molecule has 3 saturated heterocycles. The molecule has 0 saturated carbocycles. The Morgan fingerprint density at radius 3 is 1.03 bits per heavy atom. The third kappa shape index (κ3) is 34.2. The third-order valence-corrected chi connectivity index (χ3v) is 22.0. The minimum Gasteiger partial charge on any atom is -0.454 e. The Balaban J connectivity index is 0.000000280. The Bertz CT molecular complexity index is 4260. The number of rotatable bonds is 53. The molecule has 124 heavy (non-hydrogen) atoms. The van der Waals surface area contributed by atoms with Gasteiger partial charge in [-0.2, -0.15) is 43.1 Å². The zero-order valence-electron chi connectivity index (χ0n) is 72.7. The van der Waals surface area contributed by atoms with Crippen molar-refractivity contribution in [3.05, 3.63) is 44.1 Å². The molecule has 6 aromatic heterocycles. The second-order valence-corrected chi connectivity index (χ2v) is 31.8. The van der Waals surface area contributed by atoms with Crippen LogP contribution in [-0.4, -0.2) is 179 Å². The first kappa shape index (κ1) is 104. The molecule has 0 unspecified atom stereocenters. The fourth-order valence-corrected chi connectivity index (χ4v) is 14.7. The van der Waals surface area contributed by atoms with Gasteiger partial charge in [-0.3, -0.25) is 13.7 Å². The Labute approximate surface area is 731 Å². The zero-order valence-corrected chi connectivity index (χ0v) is 73.4. The van der Waals surface area contributed by atoms with Gasteiger partial charge in [0.2, 0.25) is 5.60 Å². The van der Waals surface area contributed by atoms with Crippen LogP contribution < -0.4 is 17.2 Å². The van der Waals surface area contributed by atoms with Crippen molar-refractivity contribution in [1.29, 1.82) is 0 Å². The van der Waals surface area contributed by atoms with Gasteiger partial charge in [0.25, 0.3) is 0 Å². The first-order valence-corrected chi connectivity index (χ1v) is 44.8. The maximum absolute atomic E-state index is 14.1. The van der Waals surface area contributed by atoms with Crippen molar-refractivity contribution in [3.63, 3.8) is 0 Å². The Morgan fingerprint density at radius 1 is 0.435 bits per heavy atom. The molecule has 9 N–H and O–H groups in total. The Kier molecular flexibility index (Phi) is 47.9. The number of nitrogens with zero attached hydrogens (tertiary/aromatic N) is 12. The monoisotopic (exact) mass is 1760 g/mol. The summed E-state index contributed by atoms with van der Waals surface area (Å²) in [6.07, 6.45) is 56.6. The maximum atomic E-state index is 14.1. The average Bonchev–Trinajstić information content (AvgIpc) is 1.61. The van der Waals surface area contributed by atoms with E-state index in [0.29, 0.717) is 13.0 Å². The molecule has 36 heteroatoms. The van der Waals surface area contributed by atoms with Gasteiger partial charge in [-0.25, -0.2) is 34.1 Å². The first-order valence-electron chi connectivity index (χ1n) is 44.4. The van der Waals surface area contributed by atoms with Crippen LogP contribution >= 0.6 is 11.6 Å². The number of carbonyl (C=O) groups excluding carboxylic acids is 4. The van der Waals surface area contributed by atoms with Crippen molar-refractivity contribution < 1.29 is 95.0 Å². The number of hydrogen-bond acceptors (Lipinski definition) is 29. The number of aromatic nitrogens is 12. The van der Waals surface area contributed by atoms with Gasteiger partial charge in [0, 0.05) is 30.9 Å². The van der Waals surface area contributed by atoms with E-state index in [1.165, 1.54) is 206 Å². The van der Waals surface area contributed by atoms with E-state index in [9.17, 15) is 47.7 Å². The van der Waals surface area contributed by atoms with Crippen LogP contribution in [0.4, 0.5) is 49.8 Å². The van der Waals surface area contributed by atoms with Crippen LogP contribution in [0.1, 0.15) is 316 Å². The summed E-state index contributed by atoms with van der Waals surface area (Å²) < 4.78 is 99.6. The van der Waals surface area contributed by atoms with Crippen molar-refractivity contribution >= 4 is 86.4 Å². The lowest BCUT2D eigenvalue weighted by Crippen LogP contribution is -2.45. The zero-order chi connectivity index (χ0) is 90.0. The number of carbonyl (C=O) groups is 4. The third-order valence-electron chi connectivity index (χ3n) is 21.9. The van der Waals surface area contributed by atoms with Crippen LogP contribution in [-0.2, 0) is 47.4 Å². The summed E-state index contributed by atoms with van der Waals surface area (Å²) >= 11 is 5.04. The quantitative estimate of drug-likeness (QED) is 0.00393. The van der Waals surface area contributed by atoms with Gasteiger partial charge >= 0.3 is 42.1 Å². The molecule has 3 aliphatic rings. The molecule has 0 amide bonds. The van der Waals surface area contributed by atoms with E-state index < -0.39 is 116 Å². The lowest BCUT2D eigenvalue weighted by Gasteiger charge is -2.28. The first-order chi connectivity index (χ1) is 60.0. The smallest absolute Gasteiger partial charge is 0.454 e. The minimum atomic E-state index is -1.70. The molecule has 0 bridgehead atoms. The van der Waals surface area contributed by atoms with E-state index >= 15 is 0 Å². The van der Waals surface area contributed by atoms with Gasteiger partial charge in [-0.1, -0.05) is 250 Å². The number of nitrogens with two attached hydrogens (primary N) is 3. The molecular weight excluding hydrogens is 1630 g/mol. The second kappa shape index (κ2) is 57.4. The molecule has 32 nitrogen and oxygen atoms in total. The number of ether oxygens (including phenoxy) is 10. The van der Waals surface area contributed by atoms with Crippen LogP contribution in [0.3, 0.4) is 0 Å². The van der Waals surface area contributed by atoms with Crippen molar-refractivity contribution in [2.75, 3.05) is 63.4 Å². The van der Waals surface area contributed by atoms with Gasteiger partial charge in [-0.15, -0.1) is 19.3 Å². The summed E-state index contributed by atoms with van der Waals surface area (Å²) in [6.45, 7) is 10.2. The molecule has 3 aliphatic heterocycles. The SMILES string of the molecule is C#C[C@]1(CO)O[C@@H](n2cnc3c(N)nc(F)nc32)C[C@@H]1O.C#C[C@]1(COC(=O)OCCCCCCCCCCCC)O[C@@H](n2cnc3c(N)nc(F)nc32)C[C@@H]1O.C#C[C@]1(COC(=O)OCCCCCCCCCCCC)O[C@@H](n2cnc3c(N)nc(F)nc32)C[C@@H]1OC(=O)OCCCCCCCCCCCC.[CH2+]CCCCCCCCCCCOC(=O)Cl. The molecule has 0 aliphatic carbocycles. The molecule has 0 spiro atoms. The highest BCUT2D eigenvalue weighted by Crippen LogP contribution is 2.43. The summed E-state index contributed by atoms with van der Waals surface area (Å²) in [5.74, 6) is 6.80. The molecule has 0 radical (unpaired) electrons. The number of unbranched alkanes of at least 4 members (excludes halogenated alkanes) is 36. The van der Waals surface area contributed by atoms with E-state index in [-0.39, 0.29) is 90.0 Å². The van der Waals surface area contributed by atoms with Crippen molar-refractivity contribution in [2.24, 2.45) is 0 Å². The summed E-state index contributed by atoms with van der Waals surface area (Å²) in [5, 5.41) is 30.0. The van der Waals surface area contributed by atoms with Crippen LogP contribution in [0.5, 0.6) is 0 Å². The van der Waals surface area contributed by atoms with E-state index in [1.807, 2.05) is 0 Å². The second-order valence-electron chi connectivity index (χ2n) is 31.5. The number of halogens is 4. The van der Waals surface area contributed by atoms with Crippen molar-refractivity contribution in [1.82, 2.24) is 58.6 Å². The summed E-state index contributed by atoms with van der Waals surface area (Å²) in [7, 11) is 0. The Morgan fingerprint density at radius 2 is 0.718 bits per heavy atom. The van der Waals surface area contributed by atoms with Crippen LogP contribution in [0.15, 0.2) is 19.0 Å². The molecule has 9 rings (SSSR count). The van der Waals surface area contributed by atoms with Crippen molar-refractivity contribution in [3.8, 4) is 37.0 Å². The number of nitrogen functional groups attached to an aromatic ring is 3. The number of anilines is 3. The molecule has 0 aromatic carbocycles. The average molecular weight is 1760 g/mol. The summed E-state index contributed by atoms with van der Waals surface area (Å²) in [6, 6.07) is 0. The summed E-state index contributed by atoms with van der Waals surface area (Å²) in [4.78, 5) is 81.4. The standard InChI is InChI=1S/C38H60FN5O7.C25H36FN5O5.C13H24ClO2.C12H12FN5O3/c1-4-7-9-11-13-15-17-19-21-23-25-47-36(45)49-28-38(6-3)30(50-37(46)48-26-24-22-20-18-16-14-12-10-8-5-2)27-31(51-38)44-29-41-32-33(40)42-35(39)43-34(32)44;1-3-5-6-7-8-9-10-11-12-13-14-34-24(33)35-16-25(4-2)18(32)15-19(36-25)31-17-28-20-21(27)29-23(26)30-22(20)31;1-2-3-4-5-6-7-8-9-10-11-12-16-13(14)15;1-2-12(4-19)6(20)3-7(21-12)18-5-15-8-9(14)16-11(13)17-10(8)18/h3,29-31H,4-5,7-28H2,1-2H3,(H2,40,42,43);2,17-19,32H,3,5-16H2,1H3,(H2,27,29,30);1-12H2;1,5-7,19-20H,3-4H2,(H2,14,16,17)/q;;+1;/t30-,31+,38+;18-,19+,25+;;6-,7+,12+/m00.0/s1. The highest BCUT2D eigenvalue weighted by molar-refractivity contribution is 6.61. The lowest BCUT2D eigenvalue weighted by atomic mass is 9.98. The highest BCUT2D eigenvalue weighted by atomic mass is 35.5. The number of aliphatic hydroxyl groups excluding tert-OH is 3. The molecule has 6 aromatic rings. The largest absolute Gasteiger partial charge is 0.508 e. The van der Waals surface area contributed by atoms with E-state index in [4.69, 9.17) is 90.7 Å². The normalized spacial score (nSPS) is 20.1. The van der Waals surface area contributed by atoms with Crippen LogP contribution in [0, 0.1) is 62.2 Å². The van der Waals surface area contributed by atoms with E-state index in [1.54, 1.807) is 0 Å². The fourth-order valence-electron chi connectivity index (χ4n) is 14.6. The lowest BCUT2D eigenvalue weighted by molar-refractivity contribution is -0.105. The number of terminal acetylenes is 3. The Hall–Kier alpha value is -9.28. The van der Waals surface area contributed by atoms with Gasteiger partial charge in [-0.05, 0) is 38.5 Å². The molecule has 9 atom stereocenters. The van der Waals surface area contributed by atoms with Gasteiger partial charge in [0.15, 0.2) is 68.3 Å². The van der Waals surface area contributed by atoms with E-state index in [2.05, 4.69) is 95.0 Å². The summed E-state index contributed by atoms with van der Waals surface area (Å²) in [5.41, 5.74) is 12.5. The number of imidazole rings is 3. The highest BCUT2D eigenvalue weighted by Gasteiger charge is 2.54. The van der Waals surface area contributed by atoms with Gasteiger partial charge in [0.1, 0.15) is 44.1 Å². The minimum absolute atomic E-state index is 0.00551. The predicted molar refractivity (Wildman–Crippen MR) is 462 cm³/mol. The molecule has 9 heterocycles.